The van der Waals surface area contributed by atoms with Crippen molar-refractivity contribution in [3.63, 3.8) is 0 Å². The standard InChI is InChI=1S/C18H30N2/c1-14(2)16-8-7-15(18(3,4)5)13-17(16)20-11-9-19(6)10-12-20/h7-8,13-14H,9-12H2,1-6H3. The molecule has 1 aliphatic heterocycles. The minimum absolute atomic E-state index is 0.219. The molecule has 0 aliphatic carbocycles. The van der Waals surface area contributed by atoms with E-state index in [0.29, 0.717) is 5.92 Å². The molecule has 20 heavy (non-hydrogen) atoms. The van der Waals surface area contributed by atoms with Crippen LogP contribution in [0.4, 0.5) is 5.69 Å². The van der Waals surface area contributed by atoms with E-state index in [1.807, 2.05) is 0 Å². The van der Waals surface area contributed by atoms with E-state index in [-0.39, 0.29) is 5.41 Å². The zero-order valence-electron chi connectivity index (χ0n) is 14.0. The molecule has 1 fully saturated rings. The highest BCUT2D eigenvalue weighted by atomic mass is 15.2. The van der Waals surface area contributed by atoms with Crippen molar-refractivity contribution in [1.29, 1.82) is 0 Å². The third-order valence-corrected chi connectivity index (χ3v) is 4.36. The molecule has 1 aromatic rings. The molecule has 0 unspecified atom stereocenters. The number of hydrogen-bond donors (Lipinski definition) is 0. The molecular weight excluding hydrogens is 244 g/mol. The van der Waals surface area contributed by atoms with Crippen LogP contribution in [0.25, 0.3) is 0 Å². The Labute approximate surface area is 124 Å². The molecule has 0 spiro atoms. The lowest BCUT2D eigenvalue weighted by atomic mass is 9.85. The summed E-state index contributed by atoms with van der Waals surface area (Å²) in [6, 6.07) is 7.09. The first-order chi connectivity index (χ1) is 9.29. The van der Waals surface area contributed by atoms with E-state index in [4.69, 9.17) is 0 Å². The Bertz CT molecular complexity index is 449. The molecule has 2 heteroatoms. The van der Waals surface area contributed by atoms with E-state index in [1.165, 1.54) is 16.8 Å². The summed E-state index contributed by atoms with van der Waals surface area (Å²) in [4.78, 5) is 4.99. The third-order valence-electron chi connectivity index (χ3n) is 4.36. The quantitative estimate of drug-likeness (QED) is 0.808. The van der Waals surface area contributed by atoms with Gasteiger partial charge in [0.15, 0.2) is 0 Å². The molecule has 1 aliphatic rings. The van der Waals surface area contributed by atoms with Gasteiger partial charge in [-0.2, -0.15) is 0 Å². The summed E-state index contributed by atoms with van der Waals surface area (Å²) in [5.74, 6) is 0.582. The maximum Gasteiger partial charge on any atom is 0.0405 e. The Kier molecular flexibility index (Phi) is 4.43. The SMILES string of the molecule is CC(C)c1ccc(C(C)(C)C)cc1N1CCN(C)CC1. The van der Waals surface area contributed by atoms with Crippen molar-refractivity contribution in [3.8, 4) is 0 Å². The second-order valence-electron chi connectivity index (χ2n) is 7.47. The van der Waals surface area contributed by atoms with E-state index < -0.39 is 0 Å². The van der Waals surface area contributed by atoms with Crippen molar-refractivity contribution in [2.75, 3.05) is 38.1 Å². The molecule has 1 aromatic carbocycles. The largest absolute Gasteiger partial charge is 0.369 e. The lowest BCUT2D eigenvalue weighted by molar-refractivity contribution is 0.312. The lowest BCUT2D eigenvalue weighted by Crippen LogP contribution is -2.45. The van der Waals surface area contributed by atoms with E-state index >= 15 is 0 Å². The topological polar surface area (TPSA) is 6.48 Å². The summed E-state index contributed by atoms with van der Waals surface area (Å²) in [7, 11) is 2.21. The van der Waals surface area contributed by atoms with Crippen LogP contribution in [0.15, 0.2) is 18.2 Å². The first kappa shape index (κ1) is 15.4. The fraction of sp³-hybridized carbons (Fsp3) is 0.667. The molecule has 1 heterocycles. The second-order valence-corrected chi connectivity index (χ2v) is 7.47. The summed E-state index contributed by atoms with van der Waals surface area (Å²) < 4.78 is 0. The molecule has 0 amide bonds. The average molecular weight is 274 g/mol. The molecule has 112 valence electrons. The van der Waals surface area contributed by atoms with Crippen LogP contribution < -0.4 is 4.90 Å². The zero-order valence-corrected chi connectivity index (χ0v) is 14.0. The highest BCUT2D eigenvalue weighted by molar-refractivity contribution is 5.58. The fourth-order valence-corrected chi connectivity index (χ4v) is 2.82. The molecule has 2 rings (SSSR count). The maximum atomic E-state index is 2.57. The number of benzene rings is 1. The van der Waals surface area contributed by atoms with Gasteiger partial charge in [0.1, 0.15) is 0 Å². The van der Waals surface area contributed by atoms with Gasteiger partial charge in [0.05, 0.1) is 0 Å². The van der Waals surface area contributed by atoms with Gasteiger partial charge in [-0.3, -0.25) is 0 Å². The minimum atomic E-state index is 0.219. The molecule has 0 aromatic heterocycles. The van der Waals surface area contributed by atoms with Crippen molar-refractivity contribution < 1.29 is 0 Å². The van der Waals surface area contributed by atoms with Gasteiger partial charge < -0.3 is 9.80 Å². The Balaban J connectivity index is 2.37. The molecule has 0 atom stereocenters. The summed E-state index contributed by atoms with van der Waals surface area (Å²) in [5.41, 5.74) is 4.61. The van der Waals surface area contributed by atoms with Gasteiger partial charge in [-0.15, -0.1) is 0 Å². The number of rotatable bonds is 2. The van der Waals surface area contributed by atoms with E-state index in [2.05, 4.69) is 69.7 Å². The molecular formula is C18H30N2. The molecule has 0 saturated carbocycles. The van der Waals surface area contributed by atoms with Gasteiger partial charge in [0.2, 0.25) is 0 Å². The third kappa shape index (κ3) is 3.35. The van der Waals surface area contributed by atoms with Crippen molar-refractivity contribution in [2.45, 2.75) is 46.0 Å². The monoisotopic (exact) mass is 274 g/mol. The first-order valence-electron chi connectivity index (χ1n) is 7.87. The van der Waals surface area contributed by atoms with Crippen LogP contribution in [0, 0.1) is 0 Å². The summed E-state index contributed by atoms with van der Waals surface area (Å²) in [5, 5.41) is 0. The van der Waals surface area contributed by atoms with E-state index in [1.54, 1.807) is 0 Å². The van der Waals surface area contributed by atoms with Crippen molar-refractivity contribution in [2.24, 2.45) is 0 Å². The van der Waals surface area contributed by atoms with Crippen LogP contribution in [0.3, 0.4) is 0 Å². The van der Waals surface area contributed by atoms with E-state index in [0.717, 1.165) is 26.2 Å². The van der Waals surface area contributed by atoms with Gasteiger partial charge in [-0.05, 0) is 35.6 Å². The predicted molar refractivity (Wildman–Crippen MR) is 88.9 cm³/mol. The van der Waals surface area contributed by atoms with E-state index in [9.17, 15) is 0 Å². The van der Waals surface area contributed by atoms with Crippen LogP contribution in [0.5, 0.6) is 0 Å². The lowest BCUT2D eigenvalue weighted by Gasteiger charge is -2.36. The molecule has 0 N–H and O–H groups in total. The number of nitrogens with zero attached hydrogens (tertiary/aromatic N) is 2. The second kappa shape index (κ2) is 5.77. The van der Waals surface area contributed by atoms with Crippen molar-refractivity contribution in [3.05, 3.63) is 29.3 Å². The Morgan fingerprint density at radius 3 is 2.10 bits per heavy atom. The van der Waals surface area contributed by atoms with Gasteiger partial charge in [-0.25, -0.2) is 0 Å². The predicted octanol–water partition coefficient (Wildman–Crippen LogP) is 3.86. The highest BCUT2D eigenvalue weighted by Gasteiger charge is 2.21. The van der Waals surface area contributed by atoms with Gasteiger partial charge in [-0.1, -0.05) is 46.8 Å². The smallest absolute Gasteiger partial charge is 0.0405 e. The summed E-state index contributed by atoms with van der Waals surface area (Å²) in [6.07, 6.45) is 0. The van der Waals surface area contributed by atoms with Crippen LogP contribution >= 0.6 is 0 Å². The summed E-state index contributed by atoms with van der Waals surface area (Å²) >= 11 is 0. The first-order valence-corrected chi connectivity index (χ1v) is 7.87. The minimum Gasteiger partial charge on any atom is -0.369 e. The Morgan fingerprint density at radius 1 is 1.00 bits per heavy atom. The highest BCUT2D eigenvalue weighted by Crippen LogP contribution is 2.33. The zero-order chi connectivity index (χ0) is 14.9. The fourth-order valence-electron chi connectivity index (χ4n) is 2.82. The van der Waals surface area contributed by atoms with Crippen LogP contribution in [0.2, 0.25) is 0 Å². The van der Waals surface area contributed by atoms with Gasteiger partial charge in [0, 0.05) is 31.9 Å². The molecule has 0 radical (unpaired) electrons. The van der Waals surface area contributed by atoms with Gasteiger partial charge >= 0.3 is 0 Å². The van der Waals surface area contributed by atoms with Gasteiger partial charge in [0.25, 0.3) is 0 Å². The number of anilines is 1. The van der Waals surface area contributed by atoms with Crippen molar-refractivity contribution in [1.82, 2.24) is 4.90 Å². The normalized spacial score (nSPS) is 17.9. The number of likely N-dealkylation sites (N-methyl/N-ethyl adjacent to an activating group) is 1. The molecule has 2 nitrogen and oxygen atoms in total. The van der Waals surface area contributed by atoms with Crippen LogP contribution in [0.1, 0.15) is 51.7 Å². The summed E-state index contributed by atoms with van der Waals surface area (Å²) in [6.45, 7) is 16.1. The van der Waals surface area contributed by atoms with Crippen LogP contribution in [-0.4, -0.2) is 38.1 Å². The molecule has 1 saturated heterocycles. The van der Waals surface area contributed by atoms with Crippen LogP contribution in [-0.2, 0) is 5.41 Å². The average Bonchev–Trinajstić information content (AvgIpc) is 2.37. The Morgan fingerprint density at radius 2 is 1.60 bits per heavy atom. The Hall–Kier alpha value is -1.02. The van der Waals surface area contributed by atoms with Crippen molar-refractivity contribution >= 4 is 5.69 Å². The number of hydrogen-bond acceptors (Lipinski definition) is 2. The maximum absolute atomic E-state index is 2.57. The molecule has 0 bridgehead atoms. The number of piperazine rings is 1.